The van der Waals surface area contributed by atoms with Crippen molar-refractivity contribution in [3.63, 3.8) is 0 Å². The zero-order valence-corrected chi connectivity index (χ0v) is 14.9. The van der Waals surface area contributed by atoms with Crippen LogP contribution < -0.4 is 0 Å². The Labute approximate surface area is 144 Å². The maximum Gasteiger partial charge on any atom is 0.157 e. The van der Waals surface area contributed by atoms with Gasteiger partial charge in [-0.1, -0.05) is 37.6 Å². The Morgan fingerprint density at radius 2 is 1.91 bits per heavy atom. The van der Waals surface area contributed by atoms with Crippen LogP contribution in [-0.2, 0) is 11.2 Å². The number of carbonyl (C=O) groups is 1. The molecule has 0 saturated heterocycles. The highest BCUT2D eigenvalue weighted by Crippen LogP contribution is 2.30. The number of aromatic nitrogens is 1. The van der Waals surface area contributed by atoms with Gasteiger partial charge in [0.1, 0.15) is 10.8 Å². The molecule has 6 heteroatoms. The Kier molecular flexibility index (Phi) is 5.57. The van der Waals surface area contributed by atoms with Gasteiger partial charge in [-0.3, -0.25) is 4.79 Å². The van der Waals surface area contributed by atoms with E-state index in [0.717, 1.165) is 21.1 Å². The maximum atomic E-state index is 12.2. The fourth-order valence-corrected chi connectivity index (χ4v) is 3.22. The normalized spacial score (nSPS) is 12.0. The minimum absolute atomic E-state index is 0.0563. The van der Waals surface area contributed by atoms with Gasteiger partial charge in [0, 0.05) is 33.7 Å². The first-order valence-electron chi connectivity index (χ1n) is 7.29. The zero-order valence-electron chi connectivity index (χ0n) is 13.3. The molecule has 23 heavy (non-hydrogen) atoms. The lowest BCUT2D eigenvalue weighted by Crippen LogP contribution is -2.31. The first kappa shape index (κ1) is 18.1. The van der Waals surface area contributed by atoms with Crippen LogP contribution in [0.25, 0.3) is 10.6 Å². The number of thiazole rings is 1. The van der Waals surface area contributed by atoms with Crippen LogP contribution in [0.15, 0.2) is 24.3 Å². The lowest BCUT2D eigenvalue weighted by Gasteiger charge is -2.25. The molecule has 0 radical (unpaired) electrons. The molecule has 4 nitrogen and oxygen atoms in total. The molecule has 0 fully saturated rings. The molecule has 2 rings (SSSR count). The van der Waals surface area contributed by atoms with Crippen molar-refractivity contribution >= 4 is 28.7 Å². The molecule has 0 unspecified atom stereocenters. The predicted molar refractivity (Wildman–Crippen MR) is 92.6 cm³/mol. The van der Waals surface area contributed by atoms with Crippen LogP contribution in [0.5, 0.6) is 0 Å². The van der Waals surface area contributed by atoms with Crippen molar-refractivity contribution in [2.45, 2.75) is 39.9 Å². The third-order valence-corrected chi connectivity index (χ3v) is 5.01. The number of aliphatic hydroxyl groups excluding tert-OH is 1. The van der Waals surface area contributed by atoms with E-state index in [1.54, 1.807) is 13.8 Å². The number of halogens is 1. The van der Waals surface area contributed by atoms with Crippen molar-refractivity contribution in [3.05, 3.63) is 39.9 Å². The van der Waals surface area contributed by atoms with Crippen LogP contribution in [0.1, 0.15) is 30.8 Å². The second-order valence-corrected chi connectivity index (χ2v) is 7.92. The molecule has 1 heterocycles. The maximum absolute atomic E-state index is 12.2. The first-order valence-corrected chi connectivity index (χ1v) is 8.48. The Morgan fingerprint density at radius 3 is 2.48 bits per heavy atom. The quantitative estimate of drug-likeness (QED) is 0.778. The SMILES string of the molecule is Cc1sc(-c2ccc(Cl)cc2)nc1CC(=O)CC(C)(C)C(O)O. The number of hydrogen-bond acceptors (Lipinski definition) is 5. The fraction of sp³-hybridized carbons (Fsp3) is 0.412. The van der Waals surface area contributed by atoms with Gasteiger partial charge in [0.2, 0.25) is 0 Å². The van der Waals surface area contributed by atoms with E-state index in [0.29, 0.717) is 5.02 Å². The average Bonchev–Trinajstić information content (AvgIpc) is 2.80. The van der Waals surface area contributed by atoms with Gasteiger partial charge < -0.3 is 10.2 Å². The molecule has 0 atom stereocenters. The topological polar surface area (TPSA) is 70.4 Å². The molecule has 1 aromatic carbocycles. The van der Waals surface area contributed by atoms with E-state index in [9.17, 15) is 15.0 Å². The van der Waals surface area contributed by atoms with E-state index in [4.69, 9.17) is 11.6 Å². The molecule has 1 aromatic heterocycles. The predicted octanol–water partition coefficient (Wildman–Crippen LogP) is 3.61. The number of nitrogens with zero attached hydrogens (tertiary/aromatic N) is 1. The van der Waals surface area contributed by atoms with Gasteiger partial charge >= 0.3 is 0 Å². The summed E-state index contributed by atoms with van der Waals surface area (Å²) < 4.78 is 0. The van der Waals surface area contributed by atoms with Crippen LogP contribution in [-0.4, -0.2) is 27.3 Å². The van der Waals surface area contributed by atoms with Crippen molar-refractivity contribution in [2.75, 3.05) is 0 Å². The number of ketones is 1. The molecule has 2 aromatic rings. The van der Waals surface area contributed by atoms with Crippen LogP contribution in [0.2, 0.25) is 5.02 Å². The minimum atomic E-state index is -1.52. The zero-order chi connectivity index (χ0) is 17.2. The van der Waals surface area contributed by atoms with Crippen molar-refractivity contribution in [3.8, 4) is 10.6 Å². The van der Waals surface area contributed by atoms with Gasteiger partial charge in [0.15, 0.2) is 6.29 Å². The van der Waals surface area contributed by atoms with E-state index in [1.807, 2.05) is 31.2 Å². The summed E-state index contributed by atoms with van der Waals surface area (Å²) in [6, 6.07) is 7.42. The lowest BCUT2D eigenvalue weighted by atomic mass is 9.85. The van der Waals surface area contributed by atoms with Crippen molar-refractivity contribution < 1.29 is 15.0 Å². The Bertz CT molecular complexity index is 692. The standard InChI is InChI=1S/C17H20ClNO3S/c1-10-14(8-13(20)9-17(2,3)16(21)22)19-15(23-10)11-4-6-12(18)7-5-11/h4-7,16,21-22H,8-9H2,1-3H3. The second kappa shape index (κ2) is 7.09. The summed E-state index contributed by atoms with van der Waals surface area (Å²) in [5.41, 5.74) is 0.848. The van der Waals surface area contributed by atoms with Gasteiger partial charge in [0.05, 0.1) is 5.69 Å². The van der Waals surface area contributed by atoms with Crippen LogP contribution >= 0.6 is 22.9 Å². The Balaban J connectivity index is 2.13. The van der Waals surface area contributed by atoms with Gasteiger partial charge in [-0.15, -0.1) is 11.3 Å². The summed E-state index contributed by atoms with van der Waals surface area (Å²) in [7, 11) is 0. The number of aliphatic hydroxyl groups is 2. The molecule has 0 amide bonds. The molecule has 0 aliphatic carbocycles. The third kappa shape index (κ3) is 4.61. The monoisotopic (exact) mass is 353 g/mol. The van der Waals surface area contributed by atoms with Crippen LogP contribution in [0.3, 0.4) is 0 Å². The number of Topliss-reactive ketones (excluding diaryl/α,β-unsaturated/α-hetero) is 1. The summed E-state index contributed by atoms with van der Waals surface area (Å²) in [6.07, 6.45) is -1.23. The Hall–Kier alpha value is -1.27. The van der Waals surface area contributed by atoms with E-state index in [-0.39, 0.29) is 18.6 Å². The number of benzene rings is 1. The molecule has 0 aliphatic rings. The summed E-state index contributed by atoms with van der Waals surface area (Å²) in [5.74, 6) is -0.0563. The minimum Gasteiger partial charge on any atom is -0.368 e. The molecule has 0 spiro atoms. The highest BCUT2D eigenvalue weighted by molar-refractivity contribution is 7.15. The molecular weight excluding hydrogens is 334 g/mol. The number of aryl methyl sites for hydroxylation is 1. The average molecular weight is 354 g/mol. The van der Waals surface area contributed by atoms with Gasteiger partial charge in [-0.05, 0) is 19.1 Å². The molecule has 124 valence electrons. The number of carbonyl (C=O) groups excluding carboxylic acids is 1. The summed E-state index contributed by atoms with van der Waals surface area (Å²) in [5, 5.41) is 20.1. The lowest BCUT2D eigenvalue weighted by molar-refractivity contribution is -0.140. The van der Waals surface area contributed by atoms with E-state index in [2.05, 4.69) is 4.98 Å². The molecule has 0 aliphatic heterocycles. The number of hydrogen-bond donors (Lipinski definition) is 2. The van der Waals surface area contributed by atoms with Crippen LogP contribution in [0.4, 0.5) is 0 Å². The van der Waals surface area contributed by atoms with Gasteiger partial charge in [0.25, 0.3) is 0 Å². The molecule has 2 N–H and O–H groups in total. The van der Waals surface area contributed by atoms with Crippen molar-refractivity contribution in [1.82, 2.24) is 4.98 Å². The number of rotatable bonds is 6. The van der Waals surface area contributed by atoms with E-state index < -0.39 is 11.7 Å². The van der Waals surface area contributed by atoms with Gasteiger partial charge in [-0.25, -0.2) is 4.98 Å². The first-order chi connectivity index (χ1) is 10.7. The van der Waals surface area contributed by atoms with Crippen molar-refractivity contribution in [1.29, 1.82) is 0 Å². The van der Waals surface area contributed by atoms with Gasteiger partial charge in [-0.2, -0.15) is 0 Å². The fourth-order valence-electron chi connectivity index (χ4n) is 2.16. The summed E-state index contributed by atoms with van der Waals surface area (Å²) in [4.78, 5) is 17.7. The summed E-state index contributed by atoms with van der Waals surface area (Å²) >= 11 is 7.42. The Morgan fingerprint density at radius 1 is 1.30 bits per heavy atom. The van der Waals surface area contributed by atoms with E-state index in [1.165, 1.54) is 11.3 Å². The van der Waals surface area contributed by atoms with Crippen LogP contribution in [0, 0.1) is 12.3 Å². The highest BCUT2D eigenvalue weighted by atomic mass is 35.5. The molecule has 0 bridgehead atoms. The third-order valence-electron chi connectivity index (χ3n) is 3.70. The summed E-state index contributed by atoms with van der Waals surface area (Å²) in [6.45, 7) is 5.25. The van der Waals surface area contributed by atoms with E-state index >= 15 is 0 Å². The molecular formula is C17H20ClNO3S. The molecule has 0 saturated carbocycles. The highest BCUT2D eigenvalue weighted by Gasteiger charge is 2.29. The largest absolute Gasteiger partial charge is 0.368 e. The van der Waals surface area contributed by atoms with Crippen molar-refractivity contribution in [2.24, 2.45) is 5.41 Å². The second-order valence-electron chi connectivity index (χ2n) is 6.28. The smallest absolute Gasteiger partial charge is 0.157 e.